The van der Waals surface area contributed by atoms with Crippen LogP contribution in [0.2, 0.25) is 0 Å². The smallest absolute Gasteiger partial charge is 0.267 e. The van der Waals surface area contributed by atoms with Gasteiger partial charge in [-0.15, -0.1) is 0 Å². The number of hydrogen-bond donors (Lipinski definition) is 0. The van der Waals surface area contributed by atoms with E-state index in [1.165, 1.54) is 6.42 Å². The Kier molecular flexibility index (Phi) is 4.92. The van der Waals surface area contributed by atoms with E-state index in [2.05, 4.69) is 12.1 Å². The van der Waals surface area contributed by atoms with E-state index in [0.29, 0.717) is 23.6 Å². The fraction of sp³-hybridized carbons (Fsp3) is 0.556. The van der Waals surface area contributed by atoms with Crippen molar-refractivity contribution >= 4 is 11.6 Å². The van der Waals surface area contributed by atoms with Crippen LogP contribution in [0, 0.1) is 0 Å². The molecule has 3 rings (SSSR count). The van der Waals surface area contributed by atoms with E-state index in [-0.39, 0.29) is 11.9 Å². The molecule has 0 spiro atoms. The van der Waals surface area contributed by atoms with E-state index >= 15 is 0 Å². The van der Waals surface area contributed by atoms with Gasteiger partial charge < -0.3 is 19.2 Å². The molecule has 0 aliphatic carbocycles. The molecule has 24 heavy (non-hydrogen) atoms. The van der Waals surface area contributed by atoms with Gasteiger partial charge in [0.15, 0.2) is 0 Å². The van der Waals surface area contributed by atoms with Gasteiger partial charge in [0.1, 0.15) is 11.5 Å². The number of amides is 1. The summed E-state index contributed by atoms with van der Waals surface area (Å²) in [6.07, 6.45) is 3.19. The molecule has 6 heteroatoms. The molecule has 1 amide bonds. The molecular formula is C18H24N2O4. The molecular weight excluding hydrogens is 308 g/mol. The lowest BCUT2D eigenvalue weighted by Crippen LogP contribution is -2.47. The van der Waals surface area contributed by atoms with Crippen LogP contribution < -0.4 is 9.47 Å². The summed E-state index contributed by atoms with van der Waals surface area (Å²) < 4.78 is 10.7. The Morgan fingerprint density at radius 3 is 2.83 bits per heavy atom. The average Bonchev–Trinajstić information content (AvgIpc) is 3.11. The van der Waals surface area contributed by atoms with Gasteiger partial charge in [0.2, 0.25) is 6.10 Å². The molecule has 2 heterocycles. The van der Waals surface area contributed by atoms with Crippen LogP contribution in [0.15, 0.2) is 23.4 Å². The fourth-order valence-electron chi connectivity index (χ4n) is 3.32. The molecule has 1 aromatic carbocycles. The number of carbonyl (C=O) groups excluding carboxylic acids is 1. The van der Waals surface area contributed by atoms with Crippen molar-refractivity contribution in [3.05, 3.63) is 23.8 Å². The minimum atomic E-state index is -0.545. The minimum Gasteiger partial charge on any atom is -0.497 e. The standard InChI is InChI=1S/C18H24N2O4/c1-12-6-4-5-9-20(12)18(21)17-11-15(19-24-17)14-10-13(22-2)7-8-16(14)23-3/h7-8,10,12,17H,4-6,9,11H2,1-3H3. The summed E-state index contributed by atoms with van der Waals surface area (Å²) in [6, 6.07) is 5.79. The molecule has 2 unspecified atom stereocenters. The summed E-state index contributed by atoms with van der Waals surface area (Å²) in [5.74, 6) is 1.44. The average molecular weight is 332 g/mol. The van der Waals surface area contributed by atoms with Gasteiger partial charge in [-0.25, -0.2) is 0 Å². The highest BCUT2D eigenvalue weighted by Crippen LogP contribution is 2.29. The van der Waals surface area contributed by atoms with Gasteiger partial charge >= 0.3 is 0 Å². The molecule has 1 saturated heterocycles. The van der Waals surface area contributed by atoms with Crippen molar-refractivity contribution in [2.45, 2.75) is 44.8 Å². The molecule has 0 aromatic heterocycles. The predicted octanol–water partition coefficient (Wildman–Crippen LogP) is 2.60. The second-order valence-electron chi connectivity index (χ2n) is 6.28. The third-order valence-electron chi connectivity index (χ3n) is 4.75. The van der Waals surface area contributed by atoms with Gasteiger partial charge in [-0.05, 0) is 44.4 Å². The van der Waals surface area contributed by atoms with Gasteiger partial charge in [-0.3, -0.25) is 4.79 Å². The van der Waals surface area contributed by atoms with Crippen LogP contribution in [0.1, 0.15) is 38.2 Å². The van der Waals surface area contributed by atoms with Gasteiger partial charge in [-0.1, -0.05) is 5.16 Å². The number of oxime groups is 1. The van der Waals surface area contributed by atoms with E-state index in [9.17, 15) is 4.79 Å². The Bertz CT molecular complexity index is 644. The van der Waals surface area contributed by atoms with Gasteiger partial charge in [-0.2, -0.15) is 0 Å². The van der Waals surface area contributed by atoms with Crippen molar-refractivity contribution in [2.24, 2.45) is 5.16 Å². The largest absolute Gasteiger partial charge is 0.497 e. The summed E-state index contributed by atoms with van der Waals surface area (Å²) in [5, 5.41) is 4.15. The molecule has 0 bridgehead atoms. The molecule has 0 radical (unpaired) electrons. The quantitative estimate of drug-likeness (QED) is 0.850. The first kappa shape index (κ1) is 16.6. The Morgan fingerprint density at radius 2 is 2.12 bits per heavy atom. The highest BCUT2D eigenvalue weighted by Gasteiger charge is 2.35. The lowest BCUT2D eigenvalue weighted by atomic mass is 10.00. The first-order chi connectivity index (χ1) is 11.6. The van der Waals surface area contributed by atoms with Crippen molar-refractivity contribution < 1.29 is 19.1 Å². The SMILES string of the molecule is COc1ccc(OC)c(C2=NOC(C(=O)N3CCCCC3C)C2)c1. The van der Waals surface area contributed by atoms with Crippen LogP contribution in [0.4, 0.5) is 0 Å². The molecule has 2 aliphatic heterocycles. The lowest BCUT2D eigenvalue weighted by molar-refractivity contribution is -0.145. The van der Waals surface area contributed by atoms with Crippen LogP contribution in [-0.2, 0) is 9.63 Å². The maximum Gasteiger partial charge on any atom is 0.267 e. The lowest BCUT2D eigenvalue weighted by Gasteiger charge is -2.34. The molecule has 6 nitrogen and oxygen atoms in total. The third-order valence-corrected chi connectivity index (χ3v) is 4.75. The number of ether oxygens (including phenoxy) is 2. The van der Waals surface area contributed by atoms with Crippen molar-refractivity contribution in [1.82, 2.24) is 4.90 Å². The zero-order chi connectivity index (χ0) is 17.1. The zero-order valence-corrected chi connectivity index (χ0v) is 14.4. The fourth-order valence-corrected chi connectivity index (χ4v) is 3.32. The second kappa shape index (κ2) is 7.11. The Balaban J connectivity index is 1.74. The molecule has 2 atom stereocenters. The number of piperidine rings is 1. The molecule has 130 valence electrons. The first-order valence-electron chi connectivity index (χ1n) is 8.39. The third kappa shape index (κ3) is 3.18. The monoisotopic (exact) mass is 332 g/mol. The number of methoxy groups -OCH3 is 2. The molecule has 0 saturated carbocycles. The van der Waals surface area contributed by atoms with E-state index < -0.39 is 6.10 Å². The number of hydrogen-bond acceptors (Lipinski definition) is 5. The van der Waals surface area contributed by atoms with Crippen LogP contribution in [0.5, 0.6) is 11.5 Å². The van der Waals surface area contributed by atoms with Gasteiger partial charge in [0.05, 0.1) is 19.9 Å². The number of benzene rings is 1. The number of likely N-dealkylation sites (tertiary alicyclic amines) is 1. The normalized spacial score (nSPS) is 23.5. The highest BCUT2D eigenvalue weighted by atomic mass is 16.6. The Morgan fingerprint density at radius 1 is 1.29 bits per heavy atom. The second-order valence-corrected chi connectivity index (χ2v) is 6.28. The maximum atomic E-state index is 12.7. The molecule has 1 aromatic rings. The van der Waals surface area contributed by atoms with Crippen molar-refractivity contribution in [3.63, 3.8) is 0 Å². The molecule has 0 N–H and O–H groups in total. The Labute approximate surface area is 142 Å². The van der Waals surface area contributed by atoms with Gasteiger partial charge in [0.25, 0.3) is 5.91 Å². The van der Waals surface area contributed by atoms with Crippen LogP contribution in [-0.4, -0.2) is 49.4 Å². The van der Waals surface area contributed by atoms with Crippen molar-refractivity contribution in [2.75, 3.05) is 20.8 Å². The number of rotatable bonds is 4. The van der Waals surface area contributed by atoms with Crippen LogP contribution >= 0.6 is 0 Å². The van der Waals surface area contributed by atoms with Crippen molar-refractivity contribution in [3.8, 4) is 11.5 Å². The zero-order valence-electron chi connectivity index (χ0n) is 14.4. The summed E-state index contributed by atoms with van der Waals surface area (Å²) in [6.45, 7) is 2.90. The topological polar surface area (TPSA) is 60.4 Å². The summed E-state index contributed by atoms with van der Waals surface area (Å²) in [7, 11) is 3.22. The summed E-state index contributed by atoms with van der Waals surface area (Å²) >= 11 is 0. The van der Waals surface area contributed by atoms with Crippen LogP contribution in [0.3, 0.4) is 0 Å². The number of nitrogens with zero attached hydrogens (tertiary/aromatic N) is 2. The van der Waals surface area contributed by atoms with E-state index in [0.717, 1.165) is 24.9 Å². The first-order valence-corrected chi connectivity index (χ1v) is 8.39. The van der Waals surface area contributed by atoms with E-state index in [1.54, 1.807) is 14.2 Å². The van der Waals surface area contributed by atoms with Gasteiger partial charge in [0, 0.05) is 24.6 Å². The highest BCUT2D eigenvalue weighted by molar-refractivity contribution is 6.06. The van der Waals surface area contributed by atoms with Crippen molar-refractivity contribution in [1.29, 1.82) is 0 Å². The summed E-state index contributed by atoms with van der Waals surface area (Å²) in [4.78, 5) is 20.1. The van der Waals surface area contributed by atoms with E-state index in [1.807, 2.05) is 23.1 Å². The molecule has 2 aliphatic rings. The number of carbonyl (C=O) groups is 1. The predicted molar refractivity (Wildman–Crippen MR) is 90.6 cm³/mol. The Hall–Kier alpha value is -2.24. The minimum absolute atomic E-state index is 0.0304. The van der Waals surface area contributed by atoms with Crippen LogP contribution in [0.25, 0.3) is 0 Å². The summed E-state index contributed by atoms with van der Waals surface area (Å²) in [5.41, 5.74) is 1.52. The maximum absolute atomic E-state index is 12.7. The molecule has 1 fully saturated rings. The van der Waals surface area contributed by atoms with E-state index in [4.69, 9.17) is 14.3 Å².